The lowest BCUT2D eigenvalue weighted by Gasteiger charge is -2.08. The predicted octanol–water partition coefficient (Wildman–Crippen LogP) is 5.92. The van der Waals surface area contributed by atoms with E-state index in [1.807, 2.05) is 66.7 Å². The molecule has 7 heteroatoms. The molecule has 7 nitrogen and oxygen atoms in total. The lowest BCUT2D eigenvalue weighted by molar-refractivity contribution is 0.102. The molecule has 162 valence electrons. The third kappa shape index (κ3) is 4.38. The number of anilines is 1. The van der Waals surface area contributed by atoms with Crippen molar-refractivity contribution in [1.29, 1.82) is 0 Å². The van der Waals surface area contributed by atoms with Crippen LogP contribution in [-0.2, 0) is 0 Å². The number of nitrogens with one attached hydrogen (secondary N) is 1. The zero-order valence-corrected chi connectivity index (χ0v) is 17.7. The summed E-state index contributed by atoms with van der Waals surface area (Å²) >= 11 is 0. The number of aromatic nitrogens is 2. The highest BCUT2D eigenvalue weighted by molar-refractivity contribution is 6.03. The lowest BCUT2D eigenvalue weighted by Crippen LogP contribution is -2.12. The van der Waals surface area contributed by atoms with Crippen LogP contribution < -0.4 is 10.1 Å². The number of hydrogen-bond donors (Lipinski definition) is 1. The van der Waals surface area contributed by atoms with Gasteiger partial charge in [0.2, 0.25) is 0 Å². The Hall–Kier alpha value is -4.65. The van der Waals surface area contributed by atoms with Crippen LogP contribution in [0.5, 0.6) is 5.75 Å². The highest BCUT2D eigenvalue weighted by Crippen LogP contribution is 2.28. The molecular weight excluding hydrogens is 418 g/mol. The highest BCUT2D eigenvalue weighted by atomic mass is 16.5. The minimum absolute atomic E-state index is 0.000514. The standard InChI is InChI=1S/C26H19N3O4/c1-31-22-8-3-6-20(16-22)18-12-10-17(11-13-18)19-5-2-7-21(15-19)24(30)27-26-29-28-25(33-26)23-9-4-14-32-23/h2-16H,1H3,(H,27,29,30). The van der Waals surface area contributed by atoms with Crippen molar-refractivity contribution in [3.05, 3.63) is 96.8 Å². The Morgan fingerprint density at radius 3 is 2.24 bits per heavy atom. The van der Waals surface area contributed by atoms with Gasteiger partial charge < -0.3 is 13.6 Å². The maximum absolute atomic E-state index is 12.7. The molecule has 0 aliphatic carbocycles. The van der Waals surface area contributed by atoms with E-state index in [0.29, 0.717) is 11.3 Å². The third-order valence-electron chi connectivity index (χ3n) is 5.12. The molecule has 5 rings (SSSR count). The van der Waals surface area contributed by atoms with Crippen LogP contribution >= 0.6 is 0 Å². The normalized spacial score (nSPS) is 10.7. The quantitative estimate of drug-likeness (QED) is 0.354. The third-order valence-corrected chi connectivity index (χ3v) is 5.12. The van der Waals surface area contributed by atoms with Gasteiger partial charge in [0.15, 0.2) is 5.76 Å². The largest absolute Gasteiger partial charge is 0.497 e. The zero-order valence-electron chi connectivity index (χ0n) is 17.7. The van der Waals surface area contributed by atoms with E-state index in [0.717, 1.165) is 28.0 Å². The van der Waals surface area contributed by atoms with Crippen LogP contribution in [0.4, 0.5) is 6.01 Å². The molecule has 0 radical (unpaired) electrons. The molecule has 5 aromatic rings. The van der Waals surface area contributed by atoms with E-state index in [1.54, 1.807) is 25.3 Å². The molecule has 0 atom stereocenters. The number of methoxy groups -OCH3 is 1. The summed E-state index contributed by atoms with van der Waals surface area (Å²) in [6.07, 6.45) is 1.51. The second-order valence-corrected chi connectivity index (χ2v) is 7.23. The Bertz CT molecular complexity index is 1390. The molecule has 0 saturated carbocycles. The summed E-state index contributed by atoms with van der Waals surface area (Å²) in [5.41, 5.74) is 4.54. The van der Waals surface area contributed by atoms with Crippen molar-refractivity contribution < 1.29 is 18.4 Å². The fraction of sp³-hybridized carbons (Fsp3) is 0.0385. The number of furan rings is 1. The van der Waals surface area contributed by atoms with Crippen molar-refractivity contribution in [3.63, 3.8) is 0 Å². The molecule has 0 fully saturated rings. The summed E-state index contributed by atoms with van der Waals surface area (Å²) in [7, 11) is 1.65. The van der Waals surface area contributed by atoms with Gasteiger partial charge in [-0.15, -0.1) is 5.10 Å². The van der Waals surface area contributed by atoms with Crippen molar-refractivity contribution >= 4 is 11.9 Å². The van der Waals surface area contributed by atoms with Gasteiger partial charge in [-0.3, -0.25) is 10.1 Å². The van der Waals surface area contributed by atoms with Crippen molar-refractivity contribution in [2.45, 2.75) is 0 Å². The number of carbonyl (C=O) groups is 1. The monoisotopic (exact) mass is 437 g/mol. The molecule has 0 unspecified atom stereocenters. The number of hydrogen-bond acceptors (Lipinski definition) is 6. The maximum Gasteiger partial charge on any atom is 0.322 e. The van der Waals surface area contributed by atoms with E-state index in [1.165, 1.54) is 6.26 Å². The molecule has 3 aromatic carbocycles. The van der Waals surface area contributed by atoms with E-state index in [4.69, 9.17) is 13.6 Å². The molecule has 0 bridgehead atoms. The van der Waals surface area contributed by atoms with Gasteiger partial charge in [-0.1, -0.05) is 53.6 Å². The van der Waals surface area contributed by atoms with E-state index in [-0.39, 0.29) is 17.8 Å². The first-order valence-electron chi connectivity index (χ1n) is 10.2. The van der Waals surface area contributed by atoms with Crippen LogP contribution in [0.1, 0.15) is 10.4 Å². The van der Waals surface area contributed by atoms with Crippen molar-refractivity contribution in [2.24, 2.45) is 0 Å². The van der Waals surface area contributed by atoms with Gasteiger partial charge in [0.05, 0.1) is 13.4 Å². The molecule has 0 saturated heterocycles. The highest BCUT2D eigenvalue weighted by Gasteiger charge is 2.14. The Morgan fingerprint density at radius 2 is 1.55 bits per heavy atom. The number of benzene rings is 3. The average molecular weight is 437 g/mol. The minimum atomic E-state index is -0.348. The Kier molecular flexibility index (Phi) is 5.43. The molecule has 1 N–H and O–H groups in total. The van der Waals surface area contributed by atoms with Crippen LogP contribution in [0, 0.1) is 0 Å². The molecule has 2 aromatic heterocycles. The number of ether oxygens (including phenoxy) is 1. The van der Waals surface area contributed by atoms with E-state index in [2.05, 4.69) is 15.5 Å². The second-order valence-electron chi connectivity index (χ2n) is 7.23. The summed E-state index contributed by atoms with van der Waals surface area (Å²) in [5, 5.41) is 10.4. The number of nitrogens with zero attached hydrogens (tertiary/aromatic N) is 2. The number of amides is 1. The van der Waals surface area contributed by atoms with Crippen LogP contribution in [0.15, 0.2) is 100 Å². The molecule has 2 heterocycles. The number of carbonyl (C=O) groups excluding carboxylic acids is 1. The summed E-state index contributed by atoms with van der Waals surface area (Å²) in [6.45, 7) is 0. The maximum atomic E-state index is 12.7. The van der Waals surface area contributed by atoms with Crippen LogP contribution in [0.3, 0.4) is 0 Å². The summed E-state index contributed by atoms with van der Waals surface area (Å²) in [5.74, 6) is 1.09. The first kappa shape index (κ1) is 20.3. The van der Waals surface area contributed by atoms with Crippen molar-refractivity contribution in [1.82, 2.24) is 10.2 Å². The lowest BCUT2D eigenvalue weighted by atomic mass is 9.99. The van der Waals surface area contributed by atoms with Gasteiger partial charge in [-0.25, -0.2) is 0 Å². The van der Waals surface area contributed by atoms with Crippen LogP contribution in [0.2, 0.25) is 0 Å². The van der Waals surface area contributed by atoms with Crippen molar-refractivity contribution in [3.8, 4) is 39.7 Å². The van der Waals surface area contributed by atoms with Gasteiger partial charge in [-0.2, -0.15) is 0 Å². The van der Waals surface area contributed by atoms with E-state index in [9.17, 15) is 4.79 Å². The SMILES string of the molecule is COc1cccc(-c2ccc(-c3cccc(C(=O)Nc4nnc(-c5ccco5)o4)c3)cc2)c1. The van der Waals surface area contributed by atoms with Gasteiger partial charge in [0.25, 0.3) is 11.8 Å². The molecule has 33 heavy (non-hydrogen) atoms. The Balaban J connectivity index is 1.33. The van der Waals surface area contributed by atoms with Gasteiger partial charge >= 0.3 is 6.01 Å². The van der Waals surface area contributed by atoms with Crippen LogP contribution in [-0.4, -0.2) is 23.2 Å². The first-order valence-corrected chi connectivity index (χ1v) is 10.2. The second kappa shape index (κ2) is 8.84. The van der Waals surface area contributed by atoms with Crippen LogP contribution in [0.25, 0.3) is 33.9 Å². The topological polar surface area (TPSA) is 90.4 Å². The minimum Gasteiger partial charge on any atom is -0.497 e. The fourth-order valence-electron chi connectivity index (χ4n) is 3.44. The fourth-order valence-corrected chi connectivity index (χ4v) is 3.44. The predicted molar refractivity (Wildman–Crippen MR) is 124 cm³/mol. The molecule has 0 aliphatic rings. The van der Waals surface area contributed by atoms with E-state index >= 15 is 0 Å². The molecular formula is C26H19N3O4. The first-order chi connectivity index (χ1) is 16.2. The summed E-state index contributed by atoms with van der Waals surface area (Å²) < 4.78 is 16.0. The summed E-state index contributed by atoms with van der Waals surface area (Å²) in [6, 6.07) is 26.8. The molecule has 1 amide bonds. The Morgan fingerprint density at radius 1 is 0.818 bits per heavy atom. The van der Waals surface area contributed by atoms with Gasteiger partial charge in [0, 0.05) is 5.56 Å². The Labute approximate surface area is 189 Å². The average Bonchev–Trinajstić information content (AvgIpc) is 3.57. The van der Waals surface area contributed by atoms with Gasteiger partial charge in [-0.05, 0) is 58.7 Å². The smallest absolute Gasteiger partial charge is 0.322 e. The number of rotatable bonds is 6. The van der Waals surface area contributed by atoms with Crippen molar-refractivity contribution in [2.75, 3.05) is 12.4 Å². The summed E-state index contributed by atoms with van der Waals surface area (Å²) in [4.78, 5) is 12.7. The zero-order chi connectivity index (χ0) is 22.6. The van der Waals surface area contributed by atoms with Gasteiger partial charge in [0.1, 0.15) is 5.75 Å². The van der Waals surface area contributed by atoms with E-state index < -0.39 is 0 Å². The molecule has 0 spiro atoms. The molecule has 0 aliphatic heterocycles.